The molecule has 0 saturated carbocycles. The number of carbonyl (C=O) groups excluding carboxylic acids is 1. The Morgan fingerprint density at radius 2 is 2.04 bits per heavy atom. The van der Waals surface area contributed by atoms with Crippen LogP contribution in [-0.2, 0) is 11.3 Å². The molecule has 0 spiro atoms. The summed E-state index contributed by atoms with van der Waals surface area (Å²) < 4.78 is 13.5. The van der Waals surface area contributed by atoms with Gasteiger partial charge in [-0.1, -0.05) is 42.0 Å². The van der Waals surface area contributed by atoms with Gasteiger partial charge in [0.15, 0.2) is 0 Å². The summed E-state index contributed by atoms with van der Waals surface area (Å²) in [5.74, 6) is -0.254. The average Bonchev–Trinajstić information content (AvgIpc) is 2.62. The fraction of sp³-hybridized carbons (Fsp3) is 0.350. The number of aryl methyl sites for hydroxylation is 1. The number of hydrogen-bond donors (Lipinski definition) is 2. The van der Waals surface area contributed by atoms with Gasteiger partial charge in [0, 0.05) is 32.2 Å². The number of benzene rings is 2. The molecule has 0 aromatic heterocycles. The standard InChI is InChI=1S/C20H24FN3O.ClH/c1-15-5-7-16(8-6-15)12-23-20(25)14-24-10-9-22-13-19(24)17-3-2-4-18(21)11-17;/h2-8,11,19,22H,9-10,12-14H2,1H3,(H,23,25);1H. The van der Waals surface area contributed by atoms with Crippen LogP contribution >= 0.6 is 12.4 Å². The van der Waals surface area contributed by atoms with E-state index in [1.54, 1.807) is 12.1 Å². The Hall–Kier alpha value is -1.95. The Bertz CT molecular complexity index is 723. The Morgan fingerprint density at radius 1 is 1.27 bits per heavy atom. The van der Waals surface area contributed by atoms with Gasteiger partial charge in [-0.25, -0.2) is 4.39 Å². The second kappa shape index (κ2) is 9.67. The van der Waals surface area contributed by atoms with Crippen LogP contribution < -0.4 is 10.6 Å². The Morgan fingerprint density at radius 3 is 2.77 bits per heavy atom. The van der Waals surface area contributed by atoms with Crippen molar-refractivity contribution >= 4 is 18.3 Å². The predicted octanol–water partition coefficient (Wildman–Crippen LogP) is 2.82. The first kappa shape index (κ1) is 20.4. The molecular weight excluding hydrogens is 353 g/mol. The van der Waals surface area contributed by atoms with Crippen LogP contribution in [0.5, 0.6) is 0 Å². The maximum absolute atomic E-state index is 13.5. The summed E-state index contributed by atoms with van der Waals surface area (Å²) in [6.07, 6.45) is 0. The molecule has 1 fully saturated rings. The third-order valence-electron chi connectivity index (χ3n) is 4.54. The van der Waals surface area contributed by atoms with Crippen molar-refractivity contribution < 1.29 is 9.18 Å². The fourth-order valence-electron chi connectivity index (χ4n) is 3.13. The zero-order valence-electron chi connectivity index (χ0n) is 14.9. The minimum absolute atomic E-state index is 0. The van der Waals surface area contributed by atoms with Gasteiger partial charge in [-0.15, -0.1) is 12.4 Å². The largest absolute Gasteiger partial charge is 0.351 e. The van der Waals surface area contributed by atoms with Gasteiger partial charge < -0.3 is 10.6 Å². The third kappa shape index (κ3) is 5.53. The van der Waals surface area contributed by atoms with Gasteiger partial charge in [-0.05, 0) is 30.2 Å². The smallest absolute Gasteiger partial charge is 0.234 e. The zero-order chi connectivity index (χ0) is 17.6. The number of piperazine rings is 1. The van der Waals surface area contributed by atoms with E-state index >= 15 is 0 Å². The molecule has 1 aliphatic heterocycles. The zero-order valence-corrected chi connectivity index (χ0v) is 15.7. The number of halogens is 2. The van der Waals surface area contributed by atoms with Gasteiger partial charge in [-0.3, -0.25) is 9.69 Å². The van der Waals surface area contributed by atoms with Gasteiger partial charge in [-0.2, -0.15) is 0 Å². The monoisotopic (exact) mass is 377 g/mol. The van der Waals surface area contributed by atoms with Gasteiger partial charge in [0.2, 0.25) is 5.91 Å². The lowest BCUT2D eigenvalue weighted by atomic mass is 10.0. The Kier molecular flexibility index (Phi) is 7.57. The highest BCUT2D eigenvalue weighted by Crippen LogP contribution is 2.22. The molecule has 1 unspecified atom stereocenters. The lowest BCUT2D eigenvalue weighted by Crippen LogP contribution is -2.49. The van der Waals surface area contributed by atoms with E-state index in [1.807, 2.05) is 37.3 Å². The molecule has 26 heavy (non-hydrogen) atoms. The molecule has 6 heteroatoms. The number of hydrogen-bond acceptors (Lipinski definition) is 3. The van der Waals surface area contributed by atoms with Gasteiger partial charge >= 0.3 is 0 Å². The topological polar surface area (TPSA) is 44.4 Å². The number of nitrogens with one attached hydrogen (secondary N) is 2. The molecule has 1 atom stereocenters. The predicted molar refractivity (Wildman–Crippen MR) is 104 cm³/mol. The summed E-state index contributed by atoms with van der Waals surface area (Å²) in [5, 5.41) is 6.30. The molecule has 1 amide bonds. The van der Waals surface area contributed by atoms with E-state index in [2.05, 4.69) is 15.5 Å². The molecule has 2 N–H and O–H groups in total. The molecule has 0 aliphatic carbocycles. The number of carbonyl (C=O) groups is 1. The van der Waals surface area contributed by atoms with Crippen molar-refractivity contribution in [3.05, 3.63) is 71.0 Å². The van der Waals surface area contributed by atoms with E-state index in [1.165, 1.54) is 11.6 Å². The van der Waals surface area contributed by atoms with Crippen LogP contribution in [0.2, 0.25) is 0 Å². The van der Waals surface area contributed by atoms with Crippen molar-refractivity contribution in [1.82, 2.24) is 15.5 Å². The second-order valence-electron chi connectivity index (χ2n) is 6.51. The molecule has 3 rings (SSSR count). The van der Waals surface area contributed by atoms with E-state index in [0.29, 0.717) is 19.6 Å². The Labute approximate surface area is 160 Å². The summed E-state index contributed by atoms with van der Waals surface area (Å²) in [6.45, 7) is 5.19. The van der Waals surface area contributed by atoms with Crippen LogP contribution in [0.25, 0.3) is 0 Å². The van der Waals surface area contributed by atoms with Crippen LogP contribution in [0.15, 0.2) is 48.5 Å². The molecular formula is C20H25ClFN3O. The van der Waals surface area contributed by atoms with Crippen LogP contribution in [0.3, 0.4) is 0 Å². The molecule has 1 aliphatic rings. The van der Waals surface area contributed by atoms with Gasteiger partial charge in [0.25, 0.3) is 0 Å². The molecule has 1 saturated heterocycles. The third-order valence-corrected chi connectivity index (χ3v) is 4.54. The van der Waals surface area contributed by atoms with E-state index in [0.717, 1.165) is 24.2 Å². The van der Waals surface area contributed by atoms with Crippen molar-refractivity contribution in [1.29, 1.82) is 0 Å². The van der Waals surface area contributed by atoms with Gasteiger partial charge in [0.1, 0.15) is 5.82 Å². The highest BCUT2D eigenvalue weighted by molar-refractivity contribution is 5.85. The fourth-order valence-corrected chi connectivity index (χ4v) is 3.13. The maximum Gasteiger partial charge on any atom is 0.234 e. The van der Waals surface area contributed by atoms with Crippen molar-refractivity contribution in [2.45, 2.75) is 19.5 Å². The van der Waals surface area contributed by atoms with Crippen molar-refractivity contribution in [3.8, 4) is 0 Å². The molecule has 2 aromatic carbocycles. The van der Waals surface area contributed by atoms with E-state index in [9.17, 15) is 9.18 Å². The van der Waals surface area contributed by atoms with Gasteiger partial charge in [0.05, 0.1) is 6.54 Å². The summed E-state index contributed by atoms with van der Waals surface area (Å²) in [4.78, 5) is 14.5. The first-order valence-electron chi connectivity index (χ1n) is 8.64. The molecule has 1 heterocycles. The van der Waals surface area contributed by atoms with E-state index < -0.39 is 0 Å². The summed E-state index contributed by atoms with van der Waals surface area (Å²) >= 11 is 0. The number of amides is 1. The van der Waals surface area contributed by atoms with Crippen molar-refractivity contribution in [2.24, 2.45) is 0 Å². The van der Waals surface area contributed by atoms with Crippen LogP contribution in [0.1, 0.15) is 22.7 Å². The highest BCUT2D eigenvalue weighted by atomic mass is 35.5. The highest BCUT2D eigenvalue weighted by Gasteiger charge is 2.25. The Balaban J connectivity index is 0.00000243. The average molecular weight is 378 g/mol. The molecule has 4 nitrogen and oxygen atoms in total. The summed E-state index contributed by atoms with van der Waals surface area (Å²) in [5.41, 5.74) is 3.19. The van der Waals surface area contributed by atoms with Crippen LogP contribution in [0, 0.1) is 12.7 Å². The minimum Gasteiger partial charge on any atom is -0.351 e. The van der Waals surface area contributed by atoms with Crippen LogP contribution in [0.4, 0.5) is 4.39 Å². The molecule has 140 valence electrons. The first-order valence-corrected chi connectivity index (χ1v) is 8.64. The van der Waals surface area contributed by atoms with Crippen LogP contribution in [-0.4, -0.2) is 37.0 Å². The summed E-state index contributed by atoms with van der Waals surface area (Å²) in [6, 6.07) is 14.8. The number of rotatable bonds is 5. The van der Waals surface area contributed by atoms with Crippen molar-refractivity contribution in [3.63, 3.8) is 0 Å². The quantitative estimate of drug-likeness (QED) is 0.842. The second-order valence-corrected chi connectivity index (χ2v) is 6.51. The normalized spacial score (nSPS) is 17.4. The lowest BCUT2D eigenvalue weighted by molar-refractivity contribution is -0.123. The first-order chi connectivity index (χ1) is 12.1. The SMILES string of the molecule is Cc1ccc(CNC(=O)CN2CCNCC2c2cccc(F)c2)cc1.Cl. The van der Waals surface area contributed by atoms with E-state index in [-0.39, 0.29) is 30.2 Å². The molecule has 0 bridgehead atoms. The number of nitrogens with zero attached hydrogens (tertiary/aromatic N) is 1. The minimum atomic E-state index is -0.244. The maximum atomic E-state index is 13.5. The molecule has 0 radical (unpaired) electrons. The molecule has 2 aromatic rings. The lowest BCUT2D eigenvalue weighted by Gasteiger charge is -2.36. The van der Waals surface area contributed by atoms with Crippen molar-refractivity contribution in [2.75, 3.05) is 26.2 Å². The van der Waals surface area contributed by atoms with E-state index in [4.69, 9.17) is 0 Å². The summed E-state index contributed by atoms with van der Waals surface area (Å²) in [7, 11) is 0.